The van der Waals surface area contributed by atoms with E-state index in [1.54, 1.807) is 6.92 Å². The van der Waals surface area contributed by atoms with Gasteiger partial charge in [0.1, 0.15) is 12.2 Å². The number of nitrogens with zero attached hydrogens (tertiary/aromatic N) is 1. The predicted octanol–water partition coefficient (Wildman–Crippen LogP) is 2.20. The molecule has 0 aromatic carbocycles. The summed E-state index contributed by atoms with van der Waals surface area (Å²) in [6.45, 7) is 1.45. The first-order valence-corrected chi connectivity index (χ1v) is 8.33. The van der Waals surface area contributed by atoms with Crippen molar-refractivity contribution in [1.82, 2.24) is 5.32 Å². The molecule has 2 aliphatic rings. The average molecular weight is 377 g/mol. The van der Waals surface area contributed by atoms with Crippen LogP contribution in [0.4, 0.5) is 13.2 Å². The van der Waals surface area contributed by atoms with Gasteiger partial charge in [0.25, 0.3) is 5.70 Å². The summed E-state index contributed by atoms with van der Waals surface area (Å²) in [5, 5.41) is 14.1. The summed E-state index contributed by atoms with van der Waals surface area (Å²) < 4.78 is 44.9. The Balaban J connectivity index is 2.00. The molecule has 0 spiro atoms. The fourth-order valence-corrected chi connectivity index (χ4v) is 3.41. The first kappa shape index (κ1) is 20.4. The van der Waals surface area contributed by atoms with Crippen LogP contribution in [0.15, 0.2) is 23.4 Å². The molecular weight excluding hydrogens is 355 g/mol. The van der Waals surface area contributed by atoms with E-state index in [2.05, 4.69) is 5.32 Å². The van der Waals surface area contributed by atoms with Gasteiger partial charge in [-0.1, -0.05) is 0 Å². The van der Waals surface area contributed by atoms with Crippen LogP contribution in [0.2, 0.25) is 0 Å². The minimum absolute atomic E-state index is 0.0373. The molecule has 1 amide bonds. The summed E-state index contributed by atoms with van der Waals surface area (Å²) in [5.74, 6) is -0.543. The van der Waals surface area contributed by atoms with E-state index in [9.17, 15) is 28.1 Å². The molecule has 0 aliphatic heterocycles. The monoisotopic (exact) mass is 377 g/mol. The summed E-state index contributed by atoms with van der Waals surface area (Å²) in [5.41, 5.74) is 1.89. The summed E-state index contributed by atoms with van der Waals surface area (Å²) in [7, 11) is 0. The molecule has 7 nitrogen and oxygen atoms in total. The maximum Gasteiger partial charge on any atom is 0.422 e. The Hall–Kier alpha value is -1.94. The lowest BCUT2D eigenvalue weighted by Gasteiger charge is -2.37. The standard InChI is InChI=1S/C16H22F3N3O4/c1-15(7-6-13(22(24)25)12(8-15)16(17,18)19)21-10-2-4-11(5-3-10)26-9-14(20)23/h6,8,10-11,21H,2-5,7,9H2,1H3,(H2,20,23). The first-order valence-electron chi connectivity index (χ1n) is 8.33. The van der Waals surface area contributed by atoms with Gasteiger partial charge in [-0.2, -0.15) is 13.2 Å². The van der Waals surface area contributed by atoms with Crippen molar-refractivity contribution in [1.29, 1.82) is 0 Å². The van der Waals surface area contributed by atoms with Crippen LogP contribution in [0, 0.1) is 10.1 Å². The van der Waals surface area contributed by atoms with E-state index in [0.29, 0.717) is 25.7 Å². The highest BCUT2D eigenvalue weighted by atomic mass is 19.4. The minimum Gasteiger partial charge on any atom is -0.368 e. The molecular formula is C16H22F3N3O4. The van der Waals surface area contributed by atoms with Gasteiger partial charge >= 0.3 is 6.18 Å². The molecule has 1 fully saturated rings. The van der Waals surface area contributed by atoms with Crippen LogP contribution in [-0.2, 0) is 9.53 Å². The number of alkyl halides is 3. The minimum atomic E-state index is -4.79. The van der Waals surface area contributed by atoms with Crippen molar-refractivity contribution in [3.05, 3.63) is 33.5 Å². The van der Waals surface area contributed by atoms with Gasteiger partial charge in [-0.15, -0.1) is 0 Å². The summed E-state index contributed by atoms with van der Waals surface area (Å²) in [4.78, 5) is 20.6. The molecule has 0 aromatic rings. The van der Waals surface area contributed by atoms with Crippen LogP contribution >= 0.6 is 0 Å². The summed E-state index contributed by atoms with van der Waals surface area (Å²) in [6.07, 6.45) is -0.191. The number of nitro groups is 1. The van der Waals surface area contributed by atoms with Gasteiger partial charge in [0, 0.05) is 11.6 Å². The zero-order chi connectivity index (χ0) is 19.5. The second-order valence-electron chi connectivity index (χ2n) is 6.92. The molecule has 146 valence electrons. The van der Waals surface area contributed by atoms with Gasteiger partial charge in [-0.25, -0.2) is 0 Å². The van der Waals surface area contributed by atoms with Crippen LogP contribution in [0.25, 0.3) is 0 Å². The van der Waals surface area contributed by atoms with Gasteiger partial charge in [0.05, 0.1) is 11.0 Å². The van der Waals surface area contributed by atoms with Crippen LogP contribution in [0.5, 0.6) is 0 Å². The van der Waals surface area contributed by atoms with Crippen molar-refractivity contribution in [2.45, 2.75) is 62.9 Å². The highest BCUT2D eigenvalue weighted by molar-refractivity contribution is 5.75. The Morgan fingerprint density at radius 3 is 2.54 bits per heavy atom. The maximum absolute atomic E-state index is 13.2. The second-order valence-corrected chi connectivity index (χ2v) is 6.92. The molecule has 0 saturated heterocycles. The lowest BCUT2D eigenvalue weighted by Crippen LogP contribution is -2.50. The molecule has 2 rings (SSSR count). The molecule has 0 aromatic heterocycles. The molecule has 1 saturated carbocycles. The summed E-state index contributed by atoms with van der Waals surface area (Å²) in [6, 6.07) is -0.0373. The fraction of sp³-hybridized carbons (Fsp3) is 0.688. The number of ether oxygens (including phenoxy) is 1. The molecule has 0 bridgehead atoms. The number of hydrogen-bond acceptors (Lipinski definition) is 5. The molecule has 0 heterocycles. The van der Waals surface area contributed by atoms with E-state index >= 15 is 0 Å². The predicted molar refractivity (Wildman–Crippen MR) is 86.6 cm³/mol. The smallest absolute Gasteiger partial charge is 0.368 e. The van der Waals surface area contributed by atoms with E-state index < -0.39 is 33.8 Å². The van der Waals surface area contributed by atoms with Gasteiger partial charge in [0.15, 0.2) is 0 Å². The molecule has 1 unspecified atom stereocenters. The zero-order valence-corrected chi connectivity index (χ0v) is 14.3. The molecule has 1 atom stereocenters. The third-order valence-electron chi connectivity index (χ3n) is 4.63. The second kappa shape index (κ2) is 7.75. The number of primary amides is 1. The van der Waals surface area contributed by atoms with E-state index in [0.717, 1.165) is 12.2 Å². The number of carbonyl (C=O) groups is 1. The number of allylic oxidation sites excluding steroid dienone is 1. The lowest BCUT2D eigenvalue weighted by molar-refractivity contribution is -0.424. The lowest BCUT2D eigenvalue weighted by atomic mass is 9.84. The van der Waals surface area contributed by atoms with Crippen molar-refractivity contribution in [3.63, 3.8) is 0 Å². The van der Waals surface area contributed by atoms with Crippen LogP contribution in [-0.4, -0.2) is 41.3 Å². The Morgan fingerprint density at radius 2 is 2.04 bits per heavy atom. The number of rotatable bonds is 6. The number of halogens is 3. The number of amides is 1. The third-order valence-corrected chi connectivity index (χ3v) is 4.63. The van der Waals surface area contributed by atoms with E-state index in [1.807, 2.05) is 0 Å². The van der Waals surface area contributed by atoms with Gasteiger partial charge < -0.3 is 15.8 Å². The van der Waals surface area contributed by atoms with Gasteiger partial charge in [0.2, 0.25) is 5.91 Å². The molecule has 10 heteroatoms. The Labute approximate surface area is 148 Å². The Bertz CT molecular complexity index is 625. The topological polar surface area (TPSA) is 107 Å². The number of nitrogens with two attached hydrogens (primary N) is 1. The number of carbonyl (C=O) groups excluding carboxylic acids is 1. The Kier molecular flexibility index (Phi) is 6.07. The van der Waals surface area contributed by atoms with Gasteiger partial charge in [-0.3, -0.25) is 14.9 Å². The molecule has 3 N–H and O–H groups in total. The molecule has 26 heavy (non-hydrogen) atoms. The average Bonchev–Trinajstić information content (AvgIpc) is 2.52. The fourth-order valence-electron chi connectivity index (χ4n) is 3.41. The highest BCUT2D eigenvalue weighted by Gasteiger charge is 2.46. The quantitative estimate of drug-likeness (QED) is 0.545. The SMILES string of the molecule is CC1(NC2CCC(OCC(N)=O)CC2)C=C(C(F)(F)F)C([N+](=O)[O-])=CC1. The van der Waals surface area contributed by atoms with Crippen molar-refractivity contribution >= 4 is 5.91 Å². The molecule has 0 radical (unpaired) electrons. The van der Waals surface area contributed by atoms with Crippen molar-refractivity contribution in [2.24, 2.45) is 5.73 Å². The highest BCUT2D eigenvalue weighted by Crippen LogP contribution is 2.38. The normalized spacial score (nSPS) is 29.7. The maximum atomic E-state index is 13.2. The first-order chi connectivity index (χ1) is 12.0. The Morgan fingerprint density at radius 1 is 1.42 bits per heavy atom. The van der Waals surface area contributed by atoms with Gasteiger partial charge in [-0.05, 0) is 51.2 Å². The summed E-state index contributed by atoms with van der Waals surface area (Å²) >= 11 is 0. The van der Waals surface area contributed by atoms with Crippen molar-refractivity contribution < 1.29 is 27.6 Å². The third kappa shape index (κ3) is 5.28. The number of nitrogens with one attached hydrogen (secondary N) is 1. The van der Waals surface area contributed by atoms with E-state index in [-0.39, 0.29) is 25.2 Å². The van der Waals surface area contributed by atoms with Crippen molar-refractivity contribution in [3.8, 4) is 0 Å². The molecule has 2 aliphatic carbocycles. The largest absolute Gasteiger partial charge is 0.422 e. The zero-order valence-electron chi connectivity index (χ0n) is 14.3. The van der Waals surface area contributed by atoms with Crippen LogP contribution < -0.4 is 11.1 Å². The van der Waals surface area contributed by atoms with E-state index in [4.69, 9.17) is 10.5 Å². The van der Waals surface area contributed by atoms with Crippen LogP contribution in [0.1, 0.15) is 39.0 Å². The van der Waals surface area contributed by atoms with Crippen molar-refractivity contribution in [2.75, 3.05) is 6.61 Å². The van der Waals surface area contributed by atoms with Crippen LogP contribution in [0.3, 0.4) is 0 Å². The van der Waals surface area contributed by atoms with E-state index in [1.165, 1.54) is 0 Å². The number of hydrogen-bond donors (Lipinski definition) is 2.